The van der Waals surface area contributed by atoms with E-state index in [2.05, 4.69) is 11.9 Å². The van der Waals surface area contributed by atoms with Gasteiger partial charge in [-0.05, 0) is 13.3 Å². The summed E-state index contributed by atoms with van der Waals surface area (Å²) in [4.78, 5) is 35.8. The molecule has 0 aromatic rings. The summed E-state index contributed by atoms with van der Waals surface area (Å²) in [6.45, 7) is 4.84. The zero-order valence-corrected chi connectivity index (χ0v) is 11.5. The average molecular weight is 284 g/mol. The molecule has 1 fully saturated rings. The Labute approximate surface area is 116 Å². The number of ketones is 1. The number of amides is 2. The summed E-state index contributed by atoms with van der Waals surface area (Å²) >= 11 is 5.05. The number of ether oxygens (including phenoxy) is 1. The van der Waals surface area contributed by atoms with Crippen molar-refractivity contribution in [1.29, 1.82) is 0 Å². The maximum absolute atomic E-state index is 11.8. The van der Waals surface area contributed by atoms with Crippen LogP contribution in [0.1, 0.15) is 19.8 Å². The minimum atomic E-state index is -0.634. The van der Waals surface area contributed by atoms with E-state index >= 15 is 0 Å². The van der Waals surface area contributed by atoms with E-state index in [1.807, 2.05) is 0 Å². The third kappa shape index (κ3) is 4.44. The SMILES string of the molecule is C=CCOC(=O)N1CC(=O)NC(=S)[C@@H]1CCC(C)=O. The first-order valence-corrected chi connectivity index (χ1v) is 6.24. The predicted octanol–water partition coefficient (Wildman–Crippen LogP) is 0.806. The van der Waals surface area contributed by atoms with Gasteiger partial charge in [-0.2, -0.15) is 0 Å². The highest BCUT2D eigenvalue weighted by atomic mass is 32.1. The van der Waals surface area contributed by atoms with Gasteiger partial charge in [-0.15, -0.1) is 0 Å². The van der Waals surface area contributed by atoms with Crippen molar-refractivity contribution < 1.29 is 19.1 Å². The van der Waals surface area contributed by atoms with Crippen LogP contribution in [-0.4, -0.2) is 46.9 Å². The van der Waals surface area contributed by atoms with Gasteiger partial charge in [-0.3, -0.25) is 9.69 Å². The number of thiocarbonyl (C=S) groups is 1. The minimum Gasteiger partial charge on any atom is -0.445 e. The van der Waals surface area contributed by atoms with Crippen LogP contribution in [0.3, 0.4) is 0 Å². The summed E-state index contributed by atoms with van der Waals surface area (Å²) in [6.07, 6.45) is 1.46. The van der Waals surface area contributed by atoms with Gasteiger partial charge in [0.2, 0.25) is 5.91 Å². The third-order valence-electron chi connectivity index (χ3n) is 2.58. The molecule has 0 aromatic carbocycles. The van der Waals surface area contributed by atoms with Crippen molar-refractivity contribution >= 4 is 35.0 Å². The molecule has 2 amide bonds. The fourth-order valence-electron chi connectivity index (χ4n) is 1.70. The van der Waals surface area contributed by atoms with Crippen molar-refractivity contribution in [3.05, 3.63) is 12.7 Å². The van der Waals surface area contributed by atoms with E-state index in [0.717, 1.165) is 0 Å². The van der Waals surface area contributed by atoms with Crippen molar-refractivity contribution in [2.24, 2.45) is 0 Å². The molecule has 1 N–H and O–H groups in total. The van der Waals surface area contributed by atoms with Crippen LogP contribution in [0.4, 0.5) is 4.79 Å². The standard InChI is InChI=1S/C12H16N2O4S/c1-3-6-18-12(17)14-7-10(16)13-11(19)9(14)5-4-8(2)15/h3,9H,1,4-7H2,2H3,(H,13,16,19)/t9-/m0/s1. The van der Waals surface area contributed by atoms with Gasteiger partial charge in [-0.25, -0.2) is 4.79 Å². The van der Waals surface area contributed by atoms with E-state index in [1.54, 1.807) is 0 Å². The highest BCUT2D eigenvalue weighted by Crippen LogP contribution is 2.14. The van der Waals surface area contributed by atoms with E-state index in [1.165, 1.54) is 17.9 Å². The van der Waals surface area contributed by atoms with Crippen LogP contribution in [0, 0.1) is 0 Å². The van der Waals surface area contributed by atoms with Gasteiger partial charge in [0.1, 0.15) is 23.9 Å². The lowest BCUT2D eigenvalue weighted by atomic mass is 10.1. The van der Waals surface area contributed by atoms with Crippen molar-refractivity contribution in [3.8, 4) is 0 Å². The van der Waals surface area contributed by atoms with Crippen LogP contribution < -0.4 is 5.32 Å². The van der Waals surface area contributed by atoms with E-state index in [-0.39, 0.29) is 36.3 Å². The van der Waals surface area contributed by atoms with Crippen LogP contribution in [0.15, 0.2) is 12.7 Å². The third-order valence-corrected chi connectivity index (χ3v) is 2.96. The molecule has 1 aliphatic rings. The number of Topliss-reactive ketones (excluding diaryl/α,β-unsaturated/α-hetero) is 1. The van der Waals surface area contributed by atoms with E-state index in [0.29, 0.717) is 6.42 Å². The molecule has 1 saturated heterocycles. The summed E-state index contributed by atoms with van der Waals surface area (Å²) in [5.74, 6) is -0.362. The van der Waals surface area contributed by atoms with Crippen LogP contribution in [0.2, 0.25) is 0 Å². The normalized spacial score (nSPS) is 18.8. The molecule has 1 rings (SSSR count). The molecule has 0 radical (unpaired) electrons. The molecule has 0 saturated carbocycles. The first-order chi connectivity index (χ1) is 8.95. The quantitative estimate of drug-likeness (QED) is 0.597. The Morgan fingerprint density at radius 2 is 2.32 bits per heavy atom. The molecule has 19 heavy (non-hydrogen) atoms. The Kier molecular flexibility index (Phi) is 5.62. The molecule has 1 aliphatic heterocycles. The molecule has 104 valence electrons. The van der Waals surface area contributed by atoms with E-state index in [9.17, 15) is 14.4 Å². The maximum Gasteiger partial charge on any atom is 0.411 e. The first-order valence-electron chi connectivity index (χ1n) is 5.83. The molecule has 0 aromatic heterocycles. The molecule has 0 unspecified atom stereocenters. The molecule has 6 nitrogen and oxygen atoms in total. The number of carbonyl (C=O) groups excluding carboxylic acids is 3. The molecule has 0 spiro atoms. The smallest absolute Gasteiger partial charge is 0.411 e. The summed E-state index contributed by atoms with van der Waals surface area (Å²) in [6, 6.07) is -0.492. The second kappa shape index (κ2) is 6.98. The van der Waals surface area contributed by atoms with Crippen molar-refractivity contribution in [1.82, 2.24) is 10.2 Å². The van der Waals surface area contributed by atoms with Gasteiger partial charge in [0.25, 0.3) is 0 Å². The summed E-state index contributed by atoms with van der Waals surface area (Å²) in [7, 11) is 0. The minimum absolute atomic E-state index is 0.000825. The van der Waals surface area contributed by atoms with Crippen LogP contribution >= 0.6 is 12.2 Å². The predicted molar refractivity (Wildman–Crippen MR) is 72.7 cm³/mol. The van der Waals surface area contributed by atoms with Gasteiger partial charge in [0.15, 0.2) is 0 Å². The van der Waals surface area contributed by atoms with Crippen molar-refractivity contribution in [2.75, 3.05) is 13.2 Å². The van der Waals surface area contributed by atoms with E-state index in [4.69, 9.17) is 17.0 Å². The Hall–Kier alpha value is -1.76. The Balaban J connectivity index is 2.77. The first kappa shape index (κ1) is 15.3. The lowest BCUT2D eigenvalue weighted by Gasteiger charge is -2.34. The van der Waals surface area contributed by atoms with Gasteiger partial charge in [0, 0.05) is 6.42 Å². The number of rotatable bonds is 5. The van der Waals surface area contributed by atoms with Crippen LogP contribution in [0.5, 0.6) is 0 Å². The second-order valence-corrected chi connectivity index (χ2v) is 4.60. The number of nitrogens with zero attached hydrogens (tertiary/aromatic N) is 1. The van der Waals surface area contributed by atoms with Crippen LogP contribution in [0.25, 0.3) is 0 Å². The largest absolute Gasteiger partial charge is 0.445 e. The van der Waals surface area contributed by atoms with E-state index < -0.39 is 12.1 Å². The zero-order chi connectivity index (χ0) is 14.4. The summed E-state index contributed by atoms with van der Waals surface area (Å²) < 4.78 is 4.91. The molecule has 1 heterocycles. The Morgan fingerprint density at radius 1 is 1.63 bits per heavy atom. The van der Waals surface area contributed by atoms with Gasteiger partial charge < -0.3 is 14.8 Å². The Morgan fingerprint density at radius 3 is 2.89 bits per heavy atom. The summed E-state index contributed by atoms with van der Waals surface area (Å²) in [5.41, 5.74) is 0. The molecule has 1 atom stereocenters. The average Bonchev–Trinajstić information content (AvgIpc) is 2.33. The second-order valence-electron chi connectivity index (χ2n) is 4.16. The number of hydrogen-bond donors (Lipinski definition) is 1. The lowest BCUT2D eigenvalue weighted by Crippen LogP contribution is -2.59. The number of nitrogens with one attached hydrogen (secondary N) is 1. The number of piperazine rings is 1. The van der Waals surface area contributed by atoms with Gasteiger partial charge >= 0.3 is 6.09 Å². The molecule has 0 aliphatic carbocycles. The summed E-state index contributed by atoms with van der Waals surface area (Å²) in [5, 5.41) is 2.51. The fraction of sp³-hybridized carbons (Fsp3) is 0.500. The topological polar surface area (TPSA) is 75.7 Å². The highest BCUT2D eigenvalue weighted by molar-refractivity contribution is 7.80. The van der Waals surface area contributed by atoms with Crippen molar-refractivity contribution in [2.45, 2.75) is 25.8 Å². The van der Waals surface area contributed by atoms with Gasteiger partial charge in [-0.1, -0.05) is 24.9 Å². The molecule has 0 bridgehead atoms. The van der Waals surface area contributed by atoms with Gasteiger partial charge in [0.05, 0.1) is 6.04 Å². The molecular weight excluding hydrogens is 268 g/mol. The highest BCUT2D eigenvalue weighted by Gasteiger charge is 2.34. The van der Waals surface area contributed by atoms with Crippen molar-refractivity contribution in [3.63, 3.8) is 0 Å². The molecule has 7 heteroatoms. The Bertz CT molecular complexity index is 422. The fourth-order valence-corrected chi connectivity index (χ4v) is 2.06. The zero-order valence-electron chi connectivity index (χ0n) is 10.7. The van der Waals surface area contributed by atoms with Crippen LogP contribution in [-0.2, 0) is 14.3 Å². The number of carbonyl (C=O) groups is 3. The lowest BCUT2D eigenvalue weighted by molar-refractivity contribution is -0.121. The number of hydrogen-bond acceptors (Lipinski definition) is 5. The maximum atomic E-state index is 11.8. The monoisotopic (exact) mass is 284 g/mol. The molecular formula is C12H16N2O4S.